The summed E-state index contributed by atoms with van der Waals surface area (Å²) in [7, 11) is 0. The minimum atomic E-state index is 0.0251. The Morgan fingerprint density at radius 3 is 3.17 bits per heavy atom. The molecule has 1 aliphatic heterocycles. The third-order valence-corrected chi connectivity index (χ3v) is 4.11. The molecule has 4 heterocycles. The van der Waals surface area contributed by atoms with Crippen molar-refractivity contribution in [3.05, 3.63) is 48.5 Å². The van der Waals surface area contributed by atoms with E-state index in [0.29, 0.717) is 6.42 Å². The highest BCUT2D eigenvalue weighted by molar-refractivity contribution is 5.78. The van der Waals surface area contributed by atoms with Gasteiger partial charge in [-0.3, -0.25) is 9.78 Å². The lowest BCUT2D eigenvalue weighted by atomic mass is 10.2. The third kappa shape index (κ3) is 3.03. The summed E-state index contributed by atoms with van der Waals surface area (Å²) < 4.78 is 1.66. The molecule has 1 saturated heterocycles. The summed E-state index contributed by atoms with van der Waals surface area (Å²) in [6.07, 6.45) is 6.27. The van der Waals surface area contributed by atoms with Crippen molar-refractivity contribution in [3.8, 4) is 0 Å². The number of fused-ring (bicyclic) bond motifs is 1. The second kappa shape index (κ2) is 6.23. The highest BCUT2D eigenvalue weighted by atomic mass is 16.1. The number of aromatic nitrogens is 5. The van der Waals surface area contributed by atoms with Crippen LogP contribution in [0.15, 0.2) is 43.0 Å². The monoisotopic (exact) mass is 323 g/mol. The molecule has 1 unspecified atom stereocenters. The van der Waals surface area contributed by atoms with Crippen molar-refractivity contribution < 1.29 is 4.79 Å². The highest BCUT2D eigenvalue weighted by Crippen LogP contribution is 2.18. The van der Waals surface area contributed by atoms with Crippen LogP contribution in [0.2, 0.25) is 0 Å². The van der Waals surface area contributed by atoms with Gasteiger partial charge in [0.25, 0.3) is 0 Å². The van der Waals surface area contributed by atoms with Crippen molar-refractivity contribution in [2.24, 2.45) is 0 Å². The Balaban J connectivity index is 1.36. The highest BCUT2D eigenvalue weighted by Gasteiger charge is 2.25. The molecule has 1 fully saturated rings. The number of amides is 1. The summed E-state index contributed by atoms with van der Waals surface area (Å²) in [6.45, 7) is 1.61. The van der Waals surface area contributed by atoms with Gasteiger partial charge >= 0.3 is 0 Å². The third-order valence-electron chi connectivity index (χ3n) is 4.11. The largest absolute Gasteiger partial charge is 0.353 e. The number of carbonyl (C=O) groups excluding carboxylic acids is 1. The van der Waals surface area contributed by atoms with Crippen LogP contribution in [0.25, 0.3) is 5.65 Å². The van der Waals surface area contributed by atoms with Crippen molar-refractivity contribution in [1.29, 1.82) is 0 Å². The van der Waals surface area contributed by atoms with E-state index < -0.39 is 0 Å². The van der Waals surface area contributed by atoms with E-state index in [1.807, 2.05) is 24.3 Å². The second-order valence-corrected chi connectivity index (χ2v) is 5.86. The fraction of sp³-hybridized carbons (Fsp3) is 0.312. The Hall–Kier alpha value is -3.03. The smallest absolute Gasteiger partial charge is 0.224 e. The number of nitrogens with zero attached hydrogens (tertiary/aromatic N) is 6. The van der Waals surface area contributed by atoms with Crippen LogP contribution >= 0.6 is 0 Å². The van der Waals surface area contributed by atoms with Gasteiger partial charge in [-0.15, -0.1) is 15.3 Å². The zero-order chi connectivity index (χ0) is 16.4. The van der Waals surface area contributed by atoms with Crippen LogP contribution < -0.4 is 10.2 Å². The molecule has 8 nitrogen and oxygen atoms in total. The molecule has 8 heteroatoms. The van der Waals surface area contributed by atoms with Crippen LogP contribution in [-0.2, 0) is 11.2 Å². The zero-order valence-corrected chi connectivity index (χ0v) is 13.0. The van der Waals surface area contributed by atoms with Gasteiger partial charge in [0.2, 0.25) is 5.91 Å². The normalized spacial score (nSPS) is 17.3. The van der Waals surface area contributed by atoms with E-state index in [2.05, 4.69) is 30.5 Å². The maximum absolute atomic E-state index is 12.2. The van der Waals surface area contributed by atoms with Crippen LogP contribution in [0.3, 0.4) is 0 Å². The van der Waals surface area contributed by atoms with Gasteiger partial charge in [0.1, 0.15) is 12.1 Å². The van der Waals surface area contributed by atoms with Crippen LogP contribution in [0.4, 0.5) is 5.82 Å². The molecule has 122 valence electrons. The minimum absolute atomic E-state index is 0.0251. The van der Waals surface area contributed by atoms with E-state index >= 15 is 0 Å². The van der Waals surface area contributed by atoms with Gasteiger partial charge in [-0.05, 0) is 30.2 Å². The van der Waals surface area contributed by atoms with Gasteiger partial charge in [-0.25, -0.2) is 0 Å². The van der Waals surface area contributed by atoms with Gasteiger partial charge < -0.3 is 10.2 Å². The molecule has 0 saturated carbocycles. The Morgan fingerprint density at radius 1 is 1.33 bits per heavy atom. The Kier molecular flexibility index (Phi) is 3.78. The number of hydrogen-bond donors (Lipinski definition) is 1. The lowest BCUT2D eigenvalue weighted by Crippen LogP contribution is -2.38. The first-order valence-corrected chi connectivity index (χ1v) is 7.88. The standard InChI is InChI=1S/C16H17N7O/c24-16(8-12-2-1-6-17-9-12)19-13-5-7-22(10-13)15-4-3-14-20-18-11-23(14)21-15/h1-4,6,9,11,13H,5,7-8,10H2,(H,19,24). The topological polar surface area (TPSA) is 88.3 Å². The molecule has 1 atom stereocenters. The van der Waals surface area contributed by atoms with Gasteiger partial charge in [-0.1, -0.05) is 6.07 Å². The quantitative estimate of drug-likeness (QED) is 0.750. The van der Waals surface area contributed by atoms with Gasteiger partial charge in [0, 0.05) is 31.5 Å². The van der Waals surface area contributed by atoms with Crippen LogP contribution in [-0.4, -0.2) is 49.8 Å². The molecule has 0 aromatic carbocycles. The summed E-state index contributed by atoms with van der Waals surface area (Å²) in [5.41, 5.74) is 1.64. The number of pyridine rings is 1. The lowest BCUT2D eigenvalue weighted by molar-refractivity contribution is -0.121. The average molecular weight is 323 g/mol. The molecule has 24 heavy (non-hydrogen) atoms. The molecule has 0 bridgehead atoms. The summed E-state index contributed by atoms with van der Waals surface area (Å²) >= 11 is 0. The predicted octanol–water partition coefficient (Wildman–Crippen LogP) is 0.457. The Bertz CT molecular complexity index is 848. The zero-order valence-electron chi connectivity index (χ0n) is 13.0. The first kappa shape index (κ1) is 14.6. The summed E-state index contributed by atoms with van der Waals surface area (Å²) in [6, 6.07) is 7.71. The van der Waals surface area contributed by atoms with Crippen LogP contribution in [0, 0.1) is 0 Å². The molecular formula is C16H17N7O. The fourth-order valence-electron chi connectivity index (χ4n) is 2.94. The number of hydrogen-bond acceptors (Lipinski definition) is 6. The van der Waals surface area contributed by atoms with E-state index in [1.165, 1.54) is 0 Å². The SMILES string of the molecule is O=C(Cc1cccnc1)NC1CCN(c2ccc3nncn3n2)C1. The van der Waals surface area contributed by atoms with E-state index in [9.17, 15) is 4.79 Å². The van der Waals surface area contributed by atoms with E-state index in [1.54, 1.807) is 23.2 Å². The summed E-state index contributed by atoms with van der Waals surface area (Å²) in [5, 5.41) is 15.4. The molecule has 3 aromatic heterocycles. The molecule has 1 aliphatic rings. The average Bonchev–Trinajstić information content (AvgIpc) is 3.24. The van der Waals surface area contributed by atoms with Crippen molar-refractivity contribution in [2.75, 3.05) is 18.0 Å². The Morgan fingerprint density at radius 2 is 2.29 bits per heavy atom. The van der Waals surface area contributed by atoms with Crippen LogP contribution in [0.5, 0.6) is 0 Å². The lowest BCUT2D eigenvalue weighted by Gasteiger charge is -2.17. The first-order valence-electron chi connectivity index (χ1n) is 7.88. The summed E-state index contributed by atoms with van der Waals surface area (Å²) in [5.74, 6) is 0.892. The van der Waals surface area contributed by atoms with Gasteiger partial charge in [-0.2, -0.15) is 4.52 Å². The van der Waals surface area contributed by atoms with Crippen molar-refractivity contribution >= 4 is 17.4 Å². The maximum Gasteiger partial charge on any atom is 0.224 e. The number of anilines is 1. The predicted molar refractivity (Wildman–Crippen MR) is 87.5 cm³/mol. The molecule has 1 N–H and O–H groups in total. The Labute approximate surface area is 138 Å². The molecule has 4 rings (SSSR count). The molecule has 0 aliphatic carbocycles. The second-order valence-electron chi connectivity index (χ2n) is 5.86. The number of carbonyl (C=O) groups is 1. The van der Waals surface area contributed by atoms with E-state index in [4.69, 9.17) is 0 Å². The summed E-state index contributed by atoms with van der Waals surface area (Å²) in [4.78, 5) is 18.4. The van der Waals surface area contributed by atoms with Crippen molar-refractivity contribution in [1.82, 2.24) is 30.1 Å². The van der Waals surface area contributed by atoms with Crippen molar-refractivity contribution in [3.63, 3.8) is 0 Å². The molecular weight excluding hydrogens is 306 g/mol. The van der Waals surface area contributed by atoms with E-state index in [-0.39, 0.29) is 11.9 Å². The molecule has 3 aromatic rings. The number of rotatable bonds is 4. The minimum Gasteiger partial charge on any atom is -0.353 e. The maximum atomic E-state index is 12.2. The molecule has 0 spiro atoms. The van der Waals surface area contributed by atoms with E-state index in [0.717, 1.165) is 36.5 Å². The van der Waals surface area contributed by atoms with Crippen LogP contribution in [0.1, 0.15) is 12.0 Å². The van der Waals surface area contributed by atoms with Crippen molar-refractivity contribution in [2.45, 2.75) is 18.9 Å². The van der Waals surface area contributed by atoms with Gasteiger partial charge in [0.05, 0.1) is 6.42 Å². The number of nitrogens with one attached hydrogen (secondary N) is 1. The first-order chi connectivity index (χ1) is 11.8. The molecule has 0 radical (unpaired) electrons. The fourth-order valence-corrected chi connectivity index (χ4v) is 2.94. The molecule has 1 amide bonds. The van der Waals surface area contributed by atoms with Gasteiger partial charge in [0.15, 0.2) is 5.65 Å².